The second kappa shape index (κ2) is 8.10. The molecule has 1 aliphatic rings. The molecule has 7 nitrogen and oxygen atoms in total. The molecule has 0 fully saturated rings. The molecule has 1 N–H and O–H groups in total. The van der Waals surface area contributed by atoms with Crippen LogP contribution in [0.5, 0.6) is 11.5 Å². The second-order valence-electron chi connectivity index (χ2n) is 7.24. The molecule has 2 aromatic carbocycles. The van der Waals surface area contributed by atoms with Gasteiger partial charge in [-0.15, -0.1) is 0 Å². The van der Waals surface area contributed by atoms with Crippen molar-refractivity contribution in [2.45, 2.75) is 20.0 Å². The molecule has 7 heteroatoms. The number of nitrogens with zero attached hydrogens (tertiary/aromatic N) is 3. The zero-order chi connectivity index (χ0) is 21.2. The Morgan fingerprint density at radius 3 is 2.77 bits per heavy atom. The first-order chi connectivity index (χ1) is 15.2. The number of hydrogen-bond acceptors (Lipinski definition) is 5. The van der Waals surface area contributed by atoms with Gasteiger partial charge in [-0.25, -0.2) is 9.67 Å². The number of rotatable bonds is 5. The number of nitrogens with one attached hydrogen (secondary N) is 1. The number of fused-ring (bicyclic) bond motifs is 2. The summed E-state index contributed by atoms with van der Waals surface area (Å²) in [6.45, 7) is 4.03. The zero-order valence-corrected chi connectivity index (χ0v) is 17.2. The number of amides is 1. The van der Waals surface area contributed by atoms with Crippen molar-refractivity contribution in [1.82, 2.24) is 20.1 Å². The zero-order valence-electron chi connectivity index (χ0n) is 17.2. The molecule has 4 aromatic rings. The highest BCUT2D eigenvalue weighted by atomic mass is 16.6. The van der Waals surface area contributed by atoms with Crippen LogP contribution in [0.3, 0.4) is 0 Å². The molecule has 0 bridgehead atoms. The minimum atomic E-state index is -0.186. The van der Waals surface area contributed by atoms with Gasteiger partial charge in [0, 0.05) is 24.2 Å². The van der Waals surface area contributed by atoms with Crippen LogP contribution in [0.4, 0.5) is 0 Å². The number of pyridine rings is 1. The summed E-state index contributed by atoms with van der Waals surface area (Å²) < 4.78 is 13.2. The summed E-state index contributed by atoms with van der Waals surface area (Å²) in [5.74, 6) is 1.21. The average molecular weight is 414 g/mol. The van der Waals surface area contributed by atoms with Crippen molar-refractivity contribution >= 4 is 16.9 Å². The van der Waals surface area contributed by atoms with Gasteiger partial charge in [-0.05, 0) is 19.1 Å². The number of aryl methyl sites for hydroxylation is 1. The number of benzene rings is 2. The van der Waals surface area contributed by atoms with Gasteiger partial charge in [0.1, 0.15) is 13.2 Å². The molecule has 156 valence electrons. The molecule has 0 spiro atoms. The summed E-state index contributed by atoms with van der Waals surface area (Å²) in [6.07, 6.45) is 1.71. The Labute approximate surface area is 179 Å². The van der Waals surface area contributed by atoms with E-state index in [0.29, 0.717) is 49.0 Å². The lowest BCUT2D eigenvalue weighted by molar-refractivity contribution is 0.0951. The molecule has 1 amide bonds. The number of aromatic nitrogens is 3. The lowest BCUT2D eigenvalue weighted by atomic mass is 10.1. The summed E-state index contributed by atoms with van der Waals surface area (Å²) in [6, 6.07) is 17.4. The molecule has 0 saturated carbocycles. The topological polar surface area (TPSA) is 78.3 Å². The van der Waals surface area contributed by atoms with E-state index in [4.69, 9.17) is 14.5 Å². The molecule has 1 aliphatic heterocycles. The highest BCUT2D eigenvalue weighted by Gasteiger charge is 2.19. The smallest absolute Gasteiger partial charge is 0.252 e. The third-order valence-electron chi connectivity index (χ3n) is 5.31. The Hall–Kier alpha value is -3.87. The SMILES string of the molecule is CCn1ncc2c(C(=O)NCc3cccc4c3OCCO4)cc(-c3ccccc3)nc21. The predicted molar refractivity (Wildman–Crippen MR) is 117 cm³/mol. The molecule has 5 rings (SSSR count). The maximum Gasteiger partial charge on any atom is 0.252 e. The number of carbonyl (C=O) groups is 1. The minimum Gasteiger partial charge on any atom is -0.486 e. The highest BCUT2D eigenvalue weighted by Crippen LogP contribution is 2.33. The van der Waals surface area contributed by atoms with Crippen molar-refractivity contribution in [1.29, 1.82) is 0 Å². The van der Waals surface area contributed by atoms with Crippen LogP contribution < -0.4 is 14.8 Å². The fourth-order valence-electron chi connectivity index (χ4n) is 3.77. The molecule has 0 saturated heterocycles. The average Bonchev–Trinajstić information content (AvgIpc) is 3.25. The summed E-state index contributed by atoms with van der Waals surface area (Å²) in [5.41, 5.74) is 3.81. The highest BCUT2D eigenvalue weighted by molar-refractivity contribution is 6.06. The van der Waals surface area contributed by atoms with E-state index >= 15 is 0 Å². The van der Waals surface area contributed by atoms with Gasteiger partial charge in [0.15, 0.2) is 17.1 Å². The maximum absolute atomic E-state index is 13.2. The van der Waals surface area contributed by atoms with Gasteiger partial charge in [-0.1, -0.05) is 42.5 Å². The van der Waals surface area contributed by atoms with Crippen LogP contribution in [0.2, 0.25) is 0 Å². The van der Waals surface area contributed by atoms with E-state index in [-0.39, 0.29) is 5.91 Å². The van der Waals surface area contributed by atoms with Crippen LogP contribution in [-0.4, -0.2) is 33.9 Å². The van der Waals surface area contributed by atoms with Crippen molar-refractivity contribution in [3.05, 3.63) is 71.9 Å². The molecular formula is C24H22N4O3. The number of ether oxygens (including phenoxy) is 2. The van der Waals surface area contributed by atoms with E-state index in [1.165, 1.54) is 0 Å². The van der Waals surface area contributed by atoms with E-state index < -0.39 is 0 Å². The van der Waals surface area contributed by atoms with Crippen LogP contribution in [0.25, 0.3) is 22.3 Å². The summed E-state index contributed by atoms with van der Waals surface area (Å²) in [4.78, 5) is 18.0. The minimum absolute atomic E-state index is 0.186. The molecular weight excluding hydrogens is 392 g/mol. The van der Waals surface area contributed by atoms with Gasteiger partial charge in [-0.2, -0.15) is 5.10 Å². The molecule has 0 atom stereocenters. The fraction of sp³-hybridized carbons (Fsp3) is 0.208. The van der Waals surface area contributed by atoms with Crippen molar-refractivity contribution in [2.75, 3.05) is 13.2 Å². The van der Waals surface area contributed by atoms with Crippen molar-refractivity contribution < 1.29 is 14.3 Å². The first-order valence-electron chi connectivity index (χ1n) is 10.3. The van der Waals surface area contributed by atoms with E-state index in [1.807, 2.05) is 61.5 Å². The summed E-state index contributed by atoms with van der Waals surface area (Å²) in [7, 11) is 0. The largest absolute Gasteiger partial charge is 0.486 e. The lowest BCUT2D eigenvalue weighted by Gasteiger charge is -2.21. The molecule has 0 radical (unpaired) electrons. The summed E-state index contributed by atoms with van der Waals surface area (Å²) >= 11 is 0. The van der Waals surface area contributed by atoms with Crippen LogP contribution in [0, 0.1) is 0 Å². The standard InChI is InChI=1S/C24H22N4O3/c1-2-28-23-19(15-26-28)18(13-20(27-23)16-7-4-3-5-8-16)24(29)25-14-17-9-6-10-21-22(17)31-12-11-30-21/h3-10,13,15H,2,11-12,14H2,1H3,(H,25,29). The van der Waals surface area contributed by atoms with Gasteiger partial charge in [0.05, 0.1) is 22.8 Å². The van der Waals surface area contributed by atoms with Gasteiger partial charge >= 0.3 is 0 Å². The van der Waals surface area contributed by atoms with Gasteiger partial charge in [-0.3, -0.25) is 4.79 Å². The Balaban J connectivity index is 1.49. The number of para-hydroxylation sites is 1. The van der Waals surface area contributed by atoms with E-state index in [1.54, 1.807) is 10.9 Å². The van der Waals surface area contributed by atoms with Gasteiger partial charge in [0.25, 0.3) is 5.91 Å². The number of carbonyl (C=O) groups excluding carboxylic acids is 1. The first-order valence-corrected chi connectivity index (χ1v) is 10.3. The Morgan fingerprint density at radius 1 is 1.10 bits per heavy atom. The van der Waals surface area contributed by atoms with Crippen LogP contribution >= 0.6 is 0 Å². The van der Waals surface area contributed by atoms with Crippen molar-refractivity contribution in [3.63, 3.8) is 0 Å². The molecule has 0 aliphatic carbocycles. The van der Waals surface area contributed by atoms with E-state index in [9.17, 15) is 4.79 Å². The normalized spacial score (nSPS) is 12.7. The molecule has 0 unspecified atom stereocenters. The van der Waals surface area contributed by atoms with E-state index in [0.717, 1.165) is 22.2 Å². The third kappa shape index (κ3) is 3.59. The van der Waals surface area contributed by atoms with Crippen molar-refractivity contribution in [2.24, 2.45) is 0 Å². The fourth-order valence-corrected chi connectivity index (χ4v) is 3.77. The lowest BCUT2D eigenvalue weighted by Crippen LogP contribution is -2.24. The Bertz CT molecular complexity index is 1250. The van der Waals surface area contributed by atoms with E-state index in [2.05, 4.69) is 10.4 Å². The molecule has 3 heterocycles. The molecule has 2 aromatic heterocycles. The summed E-state index contributed by atoms with van der Waals surface area (Å²) in [5, 5.41) is 8.16. The van der Waals surface area contributed by atoms with Crippen LogP contribution in [-0.2, 0) is 13.1 Å². The Kier molecular flexibility index (Phi) is 5.00. The predicted octanol–water partition coefficient (Wildman–Crippen LogP) is 3.82. The molecule has 31 heavy (non-hydrogen) atoms. The third-order valence-corrected chi connectivity index (χ3v) is 5.31. The monoisotopic (exact) mass is 414 g/mol. The van der Waals surface area contributed by atoms with Gasteiger partial charge < -0.3 is 14.8 Å². The maximum atomic E-state index is 13.2. The number of hydrogen-bond donors (Lipinski definition) is 1. The second-order valence-corrected chi connectivity index (χ2v) is 7.24. The van der Waals surface area contributed by atoms with Gasteiger partial charge in [0.2, 0.25) is 0 Å². The van der Waals surface area contributed by atoms with Crippen molar-refractivity contribution in [3.8, 4) is 22.8 Å². The quantitative estimate of drug-likeness (QED) is 0.537. The first kappa shape index (κ1) is 19.1. The van der Waals surface area contributed by atoms with Crippen LogP contribution in [0.15, 0.2) is 60.8 Å². The van der Waals surface area contributed by atoms with Crippen LogP contribution in [0.1, 0.15) is 22.8 Å². The Morgan fingerprint density at radius 2 is 1.94 bits per heavy atom.